The van der Waals surface area contributed by atoms with Crippen LogP contribution in [-0.2, 0) is 0 Å². The Hall–Kier alpha value is -2.55. The van der Waals surface area contributed by atoms with E-state index in [0.29, 0.717) is 0 Å². The van der Waals surface area contributed by atoms with E-state index in [2.05, 4.69) is 0 Å². The van der Waals surface area contributed by atoms with Crippen LogP contribution < -0.4 is 18.9 Å². The van der Waals surface area contributed by atoms with Crippen LogP contribution in [0.4, 0.5) is 0 Å². The lowest BCUT2D eigenvalue weighted by molar-refractivity contribution is 0.104. The molecule has 102 valence electrons. The van der Waals surface area contributed by atoms with Gasteiger partial charge in [-0.25, -0.2) is 0 Å². The van der Waals surface area contributed by atoms with Crippen molar-refractivity contribution >= 4 is 5.78 Å². The lowest BCUT2D eigenvalue weighted by Gasteiger charge is -2.18. The molecule has 0 aliphatic heterocycles. The van der Waals surface area contributed by atoms with Crippen LogP contribution in [0.3, 0.4) is 0 Å². The molecule has 1 aromatic carbocycles. The average Bonchev–Trinajstić information content (AvgIpc) is 2.44. The molecule has 0 heterocycles. The summed E-state index contributed by atoms with van der Waals surface area (Å²) in [6, 6.07) is 0. The minimum Gasteiger partial charge on any atom is -0.504 e. The number of terminal acetylenes is 1. The summed E-state index contributed by atoms with van der Waals surface area (Å²) in [6.45, 7) is 0. The monoisotopic (exact) mass is 266 g/mol. The Morgan fingerprint density at radius 2 is 1.37 bits per heavy atom. The predicted molar refractivity (Wildman–Crippen MR) is 67.5 cm³/mol. The Bertz CT molecular complexity index is 541. The summed E-state index contributed by atoms with van der Waals surface area (Å²) in [5.74, 6) is 0.836. The van der Waals surface area contributed by atoms with E-state index in [1.165, 1.54) is 28.4 Å². The molecular weight excluding hydrogens is 252 g/mol. The van der Waals surface area contributed by atoms with Crippen molar-refractivity contribution < 1.29 is 28.8 Å². The van der Waals surface area contributed by atoms with E-state index in [1.807, 2.05) is 5.92 Å². The largest absolute Gasteiger partial charge is 0.504 e. The molecule has 0 amide bonds. The smallest absolute Gasteiger partial charge is 0.243 e. The molecule has 0 fully saturated rings. The molecule has 19 heavy (non-hydrogen) atoms. The topological polar surface area (TPSA) is 74.2 Å². The highest BCUT2D eigenvalue weighted by molar-refractivity contribution is 6.13. The van der Waals surface area contributed by atoms with Gasteiger partial charge in [-0.15, -0.1) is 6.42 Å². The van der Waals surface area contributed by atoms with Crippen LogP contribution in [-0.4, -0.2) is 39.3 Å². The zero-order valence-electron chi connectivity index (χ0n) is 11.1. The molecule has 0 saturated carbocycles. The highest BCUT2D eigenvalue weighted by atomic mass is 16.5. The molecule has 0 aliphatic rings. The fourth-order valence-corrected chi connectivity index (χ4v) is 1.69. The second-order valence-electron chi connectivity index (χ2n) is 3.33. The van der Waals surface area contributed by atoms with Gasteiger partial charge in [0.1, 0.15) is 5.56 Å². The molecule has 0 unspecified atom stereocenters. The second kappa shape index (κ2) is 5.87. The number of rotatable bonds is 5. The van der Waals surface area contributed by atoms with Crippen LogP contribution in [0.25, 0.3) is 0 Å². The molecule has 1 aromatic rings. The second-order valence-corrected chi connectivity index (χ2v) is 3.33. The Morgan fingerprint density at radius 3 is 1.74 bits per heavy atom. The number of hydrogen-bond donors (Lipinski definition) is 1. The van der Waals surface area contributed by atoms with Crippen molar-refractivity contribution in [3.63, 3.8) is 0 Å². The van der Waals surface area contributed by atoms with Gasteiger partial charge in [-0.3, -0.25) is 4.79 Å². The summed E-state index contributed by atoms with van der Waals surface area (Å²) < 4.78 is 20.3. The van der Waals surface area contributed by atoms with Crippen molar-refractivity contribution in [3.05, 3.63) is 5.56 Å². The zero-order valence-corrected chi connectivity index (χ0v) is 11.1. The van der Waals surface area contributed by atoms with Crippen molar-refractivity contribution in [1.82, 2.24) is 0 Å². The number of phenols is 1. The number of benzene rings is 1. The molecule has 0 radical (unpaired) electrons. The predicted octanol–water partition coefficient (Wildman–Crippen LogP) is 1.24. The summed E-state index contributed by atoms with van der Waals surface area (Å²) in [4.78, 5) is 11.7. The third kappa shape index (κ3) is 2.22. The lowest BCUT2D eigenvalue weighted by atomic mass is 10.1. The van der Waals surface area contributed by atoms with E-state index in [1.54, 1.807) is 0 Å². The quantitative estimate of drug-likeness (QED) is 0.491. The number of phenolic OH excluding ortho intramolecular Hbond substituents is 1. The molecule has 1 rings (SSSR count). The number of carbonyl (C=O) groups excluding carboxylic acids is 1. The number of hydrogen-bond acceptors (Lipinski definition) is 6. The fourth-order valence-electron chi connectivity index (χ4n) is 1.69. The van der Waals surface area contributed by atoms with Gasteiger partial charge in [-0.1, -0.05) is 0 Å². The number of ketones is 1. The maximum atomic E-state index is 11.7. The van der Waals surface area contributed by atoms with Gasteiger partial charge in [0, 0.05) is 0 Å². The van der Waals surface area contributed by atoms with E-state index in [9.17, 15) is 9.90 Å². The molecule has 6 nitrogen and oxygen atoms in total. The normalized spacial score (nSPS) is 9.42. The lowest BCUT2D eigenvalue weighted by Crippen LogP contribution is -2.06. The average molecular weight is 266 g/mol. The molecule has 6 heteroatoms. The fraction of sp³-hybridized carbons (Fsp3) is 0.308. The van der Waals surface area contributed by atoms with Gasteiger partial charge in [0.05, 0.1) is 28.4 Å². The van der Waals surface area contributed by atoms with Crippen LogP contribution >= 0.6 is 0 Å². The van der Waals surface area contributed by atoms with E-state index < -0.39 is 11.5 Å². The maximum Gasteiger partial charge on any atom is 0.243 e. The summed E-state index contributed by atoms with van der Waals surface area (Å²) in [5.41, 5.74) is -0.209. The van der Waals surface area contributed by atoms with Gasteiger partial charge >= 0.3 is 0 Å². The van der Waals surface area contributed by atoms with Crippen molar-refractivity contribution in [2.75, 3.05) is 28.4 Å². The highest BCUT2D eigenvalue weighted by Crippen LogP contribution is 2.52. The van der Waals surface area contributed by atoms with Crippen LogP contribution in [0.15, 0.2) is 0 Å². The van der Waals surface area contributed by atoms with Crippen LogP contribution in [0.5, 0.6) is 28.7 Å². The van der Waals surface area contributed by atoms with Crippen molar-refractivity contribution in [2.24, 2.45) is 0 Å². The number of Topliss-reactive ketones (excluding diaryl/α,β-unsaturated/α-hetero) is 1. The summed E-state index contributed by atoms with van der Waals surface area (Å²) in [6.07, 6.45) is 5.07. The van der Waals surface area contributed by atoms with Crippen LogP contribution in [0.1, 0.15) is 10.4 Å². The van der Waals surface area contributed by atoms with Gasteiger partial charge in [0.2, 0.25) is 23.0 Å². The molecule has 0 spiro atoms. The van der Waals surface area contributed by atoms with Crippen molar-refractivity contribution in [1.29, 1.82) is 0 Å². The van der Waals surface area contributed by atoms with E-state index >= 15 is 0 Å². The molecule has 0 aromatic heterocycles. The van der Waals surface area contributed by atoms with Crippen LogP contribution in [0.2, 0.25) is 0 Å². The number of aromatic hydroxyl groups is 1. The van der Waals surface area contributed by atoms with E-state index in [0.717, 1.165) is 0 Å². The minimum atomic E-state index is -0.756. The zero-order chi connectivity index (χ0) is 14.6. The summed E-state index contributed by atoms with van der Waals surface area (Å²) in [7, 11) is 5.35. The highest BCUT2D eigenvalue weighted by Gasteiger charge is 2.30. The third-order valence-corrected chi connectivity index (χ3v) is 2.47. The maximum absolute atomic E-state index is 11.7. The summed E-state index contributed by atoms with van der Waals surface area (Å²) in [5, 5.41) is 10.1. The number of carbonyl (C=O) groups is 1. The molecule has 1 N–H and O–H groups in total. The first-order chi connectivity index (χ1) is 9.06. The third-order valence-electron chi connectivity index (χ3n) is 2.47. The first kappa shape index (κ1) is 14.5. The molecule has 0 atom stereocenters. The minimum absolute atomic E-state index is 0.0133. The van der Waals surface area contributed by atoms with Crippen molar-refractivity contribution in [3.8, 4) is 41.1 Å². The van der Waals surface area contributed by atoms with E-state index in [-0.39, 0.29) is 28.6 Å². The van der Waals surface area contributed by atoms with Crippen LogP contribution in [0, 0.1) is 12.3 Å². The Kier molecular flexibility index (Phi) is 4.48. The SMILES string of the molecule is C#CC(=O)c1c(O)c(OC)c(OC)c(OC)c1OC. The Morgan fingerprint density at radius 1 is 0.947 bits per heavy atom. The molecule has 0 saturated heterocycles. The van der Waals surface area contributed by atoms with Crippen molar-refractivity contribution in [2.45, 2.75) is 0 Å². The first-order valence-electron chi connectivity index (χ1n) is 5.17. The molecular formula is C13H14O6. The number of methoxy groups -OCH3 is 4. The van der Waals surface area contributed by atoms with Gasteiger partial charge in [-0.2, -0.15) is 0 Å². The first-order valence-corrected chi connectivity index (χ1v) is 5.17. The standard InChI is InChI=1S/C13H14O6/c1-6-7(14)8-9(15)11(17-3)13(19-5)12(18-4)10(8)16-2/h1,15H,2-5H3. The van der Waals surface area contributed by atoms with Gasteiger partial charge in [-0.05, 0) is 5.92 Å². The Labute approximate surface area is 110 Å². The van der Waals surface area contributed by atoms with Gasteiger partial charge < -0.3 is 24.1 Å². The van der Waals surface area contributed by atoms with Gasteiger partial charge in [0.25, 0.3) is 0 Å². The molecule has 0 aliphatic carbocycles. The summed E-state index contributed by atoms with van der Waals surface area (Å²) >= 11 is 0. The molecule has 0 bridgehead atoms. The van der Waals surface area contributed by atoms with E-state index in [4.69, 9.17) is 25.4 Å². The number of ether oxygens (including phenoxy) is 4. The van der Waals surface area contributed by atoms with Gasteiger partial charge in [0.15, 0.2) is 11.5 Å². The Balaban J connectivity index is 3.83.